The van der Waals surface area contributed by atoms with E-state index in [0.29, 0.717) is 5.92 Å². The van der Waals surface area contributed by atoms with Crippen LogP contribution in [0.4, 0.5) is 0 Å². The van der Waals surface area contributed by atoms with Crippen molar-refractivity contribution in [2.75, 3.05) is 0 Å². The van der Waals surface area contributed by atoms with Gasteiger partial charge in [-0.1, -0.05) is 26.3 Å². The van der Waals surface area contributed by atoms with Crippen molar-refractivity contribution >= 4 is 6.21 Å². The zero-order chi connectivity index (χ0) is 7.98. The summed E-state index contributed by atoms with van der Waals surface area (Å²) in [6.07, 6.45) is 5.21. The van der Waals surface area contributed by atoms with E-state index in [2.05, 4.69) is 24.9 Å². The minimum atomic E-state index is 0.656. The van der Waals surface area contributed by atoms with Crippen LogP contribution >= 0.6 is 0 Å². The predicted molar refractivity (Wildman–Crippen MR) is 47.4 cm³/mol. The van der Waals surface area contributed by atoms with Gasteiger partial charge in [-0.2, -0.15) is 0 Å². The molecule has 0 spiro atoms. The van der Waals surface area contributed by atoms with Crippen LogP contribution in [0.1, 0.15) is 34.1 Å². The number of rotatable bonds is 3. The van der Waals surface area contributed by atoms with Gasteiger partial charge in [0.25, 0.3) is 0 Å². The van der Waals surface area contributed by atoms with Crippen molar-refractivity contribution in [3.8, 4) is 0 Å². The van der Waals surface area contributed by atoms with E-state index in [1.54, 1.807) is 0 Å². The topological polar surface area (TPSA) is 12.4 Å². The average Bonchev–Trinajstić information content (AvgIpc) is 1.88. The summed E-state index contributed by atoms with van der Waals surface area (Å²) < 4.78 is 0. The Morgan fingerprint density at radius 2 is 2.20 bits per heavy atom. The molecular formula is C9H17N. The fourth-order valence-corrected chi connectivity index (χ4v) is 0.776. The van der Waals surface area contributed by atoms with Crippen LogP contribution < -0.4 is 0 Å². The lowest BCUT2D eigenvalue weighted by Crippen LogP contribution is -1.86. The highest BCUT2D eigenvalue weighted by Crippen LogP contribution is 2.06. The van der Waals surface area contributed by atoms with Crippen LogP contribution in [-0.4, -0.2) is 6.21 Å². The maximum Gasteiger partial charge on any atom is 0.0331 e. The van der Waals surface area contributed by atoms with E-state index in [0.717, 1.165) is 5.70 Å². The number of aliphatic imine (C=N–C) groups is 1. The van der Waals surface area contributed by atoms with Crippen LogP contribution in [0.15, 0.2) is 16.8 Å². The fraction of sp³-hybridized carbons (Fsp3) is 0.667. The van der Waals surface area contributed by atoms with E-state index in [1.807, 2.05) is 20.1 Å². The van der Waals surface area contributed by atoms with Crippen molar-refractivity contribution < 1.29 is 0 Å². The van der Waals surface area contributed by atoms with Crippen LogP contribution in [0.25, 0.3) is 0 Å². The molecule has 58 valence electrons. The standard InChI is InChI=1S/C9H17N/c1-5-8(3)7-9(4)10-6-2/h6-8H,5H2,1-4H3/b9-7+,10-6?. The van der Waals surface area contributed by atoms with E-state index in [9.17, 15) is 0 Å². The minimum absolute atomic E-state index is 0.656. The second-order valence-electron chi connectivity index (χ2n) is 2.58. The van der Waals surface area contributed by atoms with Crippen molar-refractivity contribution in [3.05, 3.63) is 11.8 Å². The maximum absolute atomic E-state index is 4.15. The Hall–Kier alpha value is -0.590. The van der Waals surface area contributed by atoms with E-state index in [4.69, 9.17) is 0 Å². The highest BCUT2D eigenvalue weighted by Gasteiger charge is 1.91. The summed E-state index contributed by atoms with van der Waals surface area (Å²) in [5.41, 5.74) is 1.12. The van der Waals surface area contributed by atoms with Gasteiger partial charge in [0.2, 0.25) is 0 Å². The summed E-state index contributed by atoms with van der Waals surface area (Å²) in [6.45, 7) is 8.36. The molecule has 0 aromatic heterocycles. The van der Waals surface area contributed by atoms with E-state index in [-0.39, 0.29) is 0 Å². The normalized spacial score (nSPS) is 16.2. The van der Waals surface area contributed by atoms with Gasteiger partial charge in [-0.25, -0.2) is 0 Å². The molecule has 0 fully saturated rings. The highest BCUT2D eigenvalue weighted by atomic mass is 14.7. The number of nitrogens with zero attached hydrogens (tertiary/aromatic N) is 1. The van der Waals surface area contributed by atoms with Gasteiger partial charge in [0, 0.05) is 11.9 Å². The van der Waals surface area contributed by atoms with Crippen molar-refractivity contribution in [2.24, 2.45) is 10.9 Å². The molecule has 0 aliphatic heterocycles. The van der Waals surface area contributed by atoms with Crippen LogP contribution in [0.5, 0.6) is 0 Å². The zero-order valence-corrected chi connectivity index (χ0v) is 7.39. The van der Waals surface area contributed by atoms with Crippen molar-refractivity contribution in [3.63, 3.8) is 0 Å². The van der Waals surface area contributed by atoms with Gasteiger partial charge in [-0.3, -0.25) is 4.99 Å². The first-order valence-corrected chi connectivity index (χ1v) is 3.87. The number of hydrogen-bond donors (Lipinski definition) is 0. The van der Waals surface area contributed by atoms with Crippen LogP contribution in [0, 0.1) is 5.92 Å². The molecule has 1 atom stereocenters. The second-order valence-corrected chi connectivity index (χ2v) is 2.58. The molecule has 0 N–H and O–H groups in total. The van der Waals surface area contributed by atoms with Crippen molar-refractivity contribution in [1.29, 1.82) is 0 Å². The van der Waals surface area contributed by atoms with Gasteiger partial charge in [-0.05, 0) is 19.8 Å². The molecule has 0 aliphatic carbocycles. The Bertz CT molecular complexity index is 134. The first-order valence-electron chi connectivity index (χ1n) is 3.87. The maximum atomic E-state index is 4.15. The molecule has 0 aromatic rings. The van der Waals surface area contributed by atoms with E-state index >= 15 is 0 Å². The summed E-state index contributed by atoms with van der Waals surface area (Å²) >= 11 is 0. The van der Waals surface area contributed by atoms with E-state index < -0.39 is 0 Å². The molecule has 0 aromatic carbocycles. The lowest BCUT2D eigenvalue weighted by atomic mass is 10.1. The summed E-state index contributed by atoms with van der Waals surface area (Å²) in [7, 11) is 0. The Balaban J connectivity index is 3.89. The lowest BCUT2D eigenvalue weighted by molar-refractivity contribution is 0.692. The molecule has 0 saturated carbocycles. The largest absolute Gasteiger partial charge is 0.267 e. The van der Waals surface area contributed by atoms with Crippen molar-refractivity contribution in [1.82, 2.24) is 0 Å². The first-order chi connectivity index (χ1) is 4.70. The molecule has 0 saturated heterocycles. The monoisotopic (exact) mass is 139 g/mol. The fourth-order valence-electron chi connectivity index (χ4n) is 0.776. The molecule has 1 heteroatoms. The Labute approximate surface area is 63.9 Å². The third-order valence-corrected chi connectivity index (χ3v) is 1.50. The third-order valence-electron chi connectivity index (χ3n) is 1.50. The summed E-state index contributed by atoms with van der Waals surface area (Å²) in [4.78, 5) is 4.15. The van der Waals surface area contributed by atoms with Crippen LogP contribution in [0.2, 0.25) is 0 Å². The van der Waals surface area contributed by atoms with E-state index in [1.165, 1.54) is 6.42 Å². The quantitative estimate of drug-likeness (QED) is 0.533. The Morgan fingerprint density at radius 3 is 2.60 bits per heavy atom. The molecular weight excluding hydrogens is 122 g/mol. The SMILES string of the molecule is CC=N/C(C)=C/C(C)CC. The van der Waals surface area contributed by atoms with Gasteiger partial charge in [0.15, 0.2) is 0 Å². The van der Waals surface area contributed by atoms with Crippen LogP contribution in [0.3, 0.4) is 0 Å². The van der Waals surface area contributed by atoms with Gasteiger partial charge in [0.05, 0.1) is 0 Å². The zero-order valence-electron chi connectivity index (χ0n) is 7.39. The summed E-state index contributed by atoms with van der Waals surface area (Å²) in [6, 6.07) is 0. The van der Waals surface area contributed by atoms with Gasteiger partial charge in [0.1, 0.15) is 0 Å². The number of allylic oxidation sites excluding steroid dienone is 2. The second kappa shape index (κ2) is 5.21. The van der Waals surface area contributed by atoms with Crippen LogP contribution in [-0.2, 0) is 0 Å². The molecule has 0 bridgehead atoms. The van der Waals surface area contributed by atoms with Gasteiger partial charge < -0.3 is 0 Å². The first kappa shape index (κ1) is 9.41. The highest BCUT2D eigenvalue weighted by molar-refractivity contribution is 5.55. The number of hydrogen-bond acceptors (Lipinski definition) is 1. The van der Waals surface area contributed by atoms with Crippen molar-refractivity contribution in [2.45, 2.75) is 34.1 Å². The lowest BCUT2D eigenvalue weighted by Gasteiger charge is -2.00. The molecule has 0 heterocycles. The smallest absolute Gasteiger partial charge is 0.0331 e. The van der Waals surface area contributed by atoms with Gasteiger partial charge in [-0.15, -0.1) is 0 Å². The predicted octanol–water partition coefficient (Wildman–Crippen LogP) is 3.03. The molecule has 0 radical (unpaired) electrons. The Kier molecular flexibility index (Phi) is 4.91. The molecule has 0 amide bonds. The molecule has 10 heavy (non-hydrogen) atoms. The Morgan fingerprint density at radius 1 is 1.60 bits per heavy atom. The third kappa shape index (κ3) is 4.30. The molecule has 1 nitrogen and oxygen atoms in total. The molecule has 0 aliphatic rings. The average molecular weight is 139 g/mol. The van der Waals surface area contributed by atoms with Gasteiger partial charge >= 0.3 is 0 Å². The summed E-state index contributed by atoms with van der Waals surface area (Å²) in [5, 5.41) is 0. The summed E-state index contributed by atoms with van der Waals surface area (Å²) in [5.74, 6) is 0.656. The minimum Gasteiger partial charge on any atom is -0.267 e. The molecule has 1 unspecified atom stereocenters. The molecule has 0 rings (SSSR count).